The number of nitro groups is 1. The average molecular weight is 486 g/mol. The van der Waals surface area contributed by atoms with Crippen LogP contribution in [0, 0.1) is 16.0 Å². The molecule has 0 aliphatic carbocycles. The molecule has 0 aliphatic heterocycles. The van der Waals surface area contributed by atoms with Gasteiger partial charge in [-0.2, -0.15) is 5.10 Å². The lowest BCUT2D eigenvalue weighted by Gasteiger charge is -2.15. The fourth-order valence-electron chi connectivity index (χ4n) is 3.99. The van der Waals surface area contributed by atoms with Crippen LogP contribution in [0.15, 0.2) is 82.6 Å². The van der Waals surface area contributed by atoms with Crippen molar-refractivity contribution >= 4 is 17.8 Å². The van der Waals surface area contributed by atoms with E-state index in [0.29, 0.717) is 12.0 Å². The van der Waals surface area contributed by atoms with E-state index in [1.165, 1.54) is 10.6 Å². The Morgan fingerprint density at radius 3 is 2.28 bits per heavy atom. The van der Waals surface area contributed by atoms with E-state index in [0.717, 1.165) is 15.8 Å². The Bertz CT molecular complexity index is 1500. The number of benzene rings is 2. The number of para-hydroxylation sites is 1. The topological polar surface area (TPSA) is 105 Å². The standard InChI is InChI=1S/C27H27N5O4/c1-20(2)18-30-24(14-13-22-17-28-31(19-22)23-11-7-4-8-12-23)25(32(35)36)26(33)29(27(30)34)16-15-21-9-5-3-6-10-21/h3-14,17,19-20H,15-16,18H2,1-2H3. The first kappa shape index (κ1) is 24.6. The zero-order valence-corrected chi connectivity index (χ0v) is 20.2. The van der Waals surface area contributed by atoms with Gasteiger partial charge in [0.2, 0.25) is 0 Å². The van der Waals surface area contributed by atoms with E-state index >= 15 is 0 Å². The largest absolute Gasteiger partial charge is 0.357 e. The molecule has 0 unspecified atom stereocenters. The van der Waals surface area contributed by atoms with E-state index in [4.69, 9.17) is 0 Å². The quantitative estimate of drug-likeness (QED) is 0.261. The minimum Gasteiger partial charge on any atom is -0.287 e. The highest BCUT2D eigenvalue weighted by molar-refractivity contribution is 5.71. The summed E-state index contributed by atoms with van der Waals surface area (Å²) in [5, 5.41) is 16.4. The van der Waals surface area contributed by atoms with Crippen LogP contribution in [0.5, 0.6) is 0 Å². The summed E-state index contributed by atoms with van der Waals surface area (Å²) >= 11 is 0. The third-order valence-corrected chi connectivity index (χ3v) is 5.70. The van der Waals surface area contributed by atoms with Crippen LogP contribution in [0.4, 0.5) is 5.69 Å². The first-order valence-corrected chi connectivity index (χ1v) is 11.7. The van der Waals surface area contributed by atoms with Gasteiger partial charge in [-0.05, 0) is 42.2 Å². The lowest BCUT2D eigenvalue weighted by molar-refractivity contribution is -0.387. The van der Waals surface area contributed by atoms with Crippen LogP contribution in [0.1, 0.15) is 30.7 Å². The minimum atomic E-state index is -0.902. The van der Waals surface area contributed by atoms with Crippen LogP contribution in [-0.4, -0.2) is 23.8 Å². The van der Waals surface area contributed by atoms with Gasteiger partial charge in [-0.3, -0.25) is 24.0 Å². The molecule has 0 radical (unpaired) electrons. The maximum absolute atomic E-state index is 13.4. The summed E-state index contributed by atoms with van der Waals surface area (Å²) in [4.78, 5) is 37.9. The van der Waals surface area contributed by atoms with E-state index in [-0.39, 0.29) is 24.7 Å². The molecule has 0 bridgehead atoms. The van der Waals surface area contributed by atoms with E-state index in [9.17, 15) is 19.7 Å². The van der Waals surface area contributed by atoms with Gasteiger partial charge in [-0.25, -0.2) is 9.48 Å². The van der Waals surface area contributed by atoms with Crippen LogP contribution < -0.4 is 11.2 Å². The molecule has 0 aliphatic rings. The Morgan fingerprint density at radius 1 is 0.972 bits per heavy atom. The zero-order chi connectivity index (χ0) is 25.7. The second-order valence-electron chi connectivity index (χ2n) is 8.86. The lowest BCUT2D eigenvalue weighted by atomic mass is 10.1. The molecule has 2 heterocycles. The number of nitrogens with zero attached hydrogens (tertiary/aromatic N) is 5. The summed E-state index contributed by atoms with van der Waals surface area (Å²) in [5.41, 5.74) is 0.365. The Kier molecular flexibility index (Phi) is 7.39. The van der Waals surface area contributed by atoms with Crippen LogP contribution in [0.2, 0.25) is 0 Å². The molecule has 0 fully saturated rings. The molecule has 9 heteroatoms. The third kappa shape index (κ3) is 5.41. The molecule has 0 amide bonds. The van der Waals surface area contributed by atoms with Gasteiger partial charge in [-0.15, -0.1) is 0 Å². The zero-order valence-electron chi connectivity index (χ0n) is 20.2. The summed E-state index contributed by atoms with van der Waals surface area (Å²) in [6, 6.07) is 18.9. The van der Waals surface area contributed by atoms with Gasteiger partial charge in [0, 0.05) is 24.8 Å². The molecular weight excluding hydrogens is 458 g/mol. The fourth-order valence-corrected chi connectivity index (χ4v) is 3.99. The Morgan fingerprint density at radius 2 is 1.64 bits per heavy atom. The summed E-state index contributed by atoms with van der Waals surface area (Å²) in [7, 11) is 0. The highest BCUT2D eigenvalue weighted by Crippen LogP contribution is 2.18. The molecular formula is C27H27N5O4. The molecule has 0 N–H and O–H groups in total. The van der Waals surface area contributed by atoms with Gasteiger partial charge in [0.1, 0.15) is 5.69 Å². The lowest BCUT2D eigenvalue weighted by Crippen LogP contribution is -2.43. The highest BCUT2D eigenvalue weighted by atomic mass is 16.6. The van der Waals surface area contributed by atoms with Gasteiger partial charge in [0.15, 0.2) is 0 Å². The van der Waals surface area contributed by atoms with Gasteiger partial charge in [-0.1, -0.05) is 62.4 Å². The SMILES string of the molecule is CC(C)Cn1c(C=Cc2cnn(-c3ccccc3)c2)c([N+](=O)[O-])c(=O)n(CCc2ccccc2)c1=O. The summed E-state index contributed by atoms with van der Waals surface area (Å²) in [6.45, 7) is 4.10. The normalized spacial score (nSPS) is 11.4. The maximum Gasteiger partial charge on any atom is 0.357 e. The van der Waals surface area contributed by atoms with Crippen molar-refractivity contribution in [3.8, 4) is 5.69 Å². The Labute approximate surface area is 207 Å². The van der Waals surface area contributed by atoms with E-state index < -0.39 is 21.9 Å². The summed E-state index contributed by atoms with van der Waals surface area (Å²) in [5.74, 6) is 0.0235. The van der Waals surface area contributed by atoms with E-state index in [2.05, 4.69) is 5.10 Å². The predicted molar refractivity (Wildman–Crippen MR) is 139 cm³/mol. The smallest absolute Gasteiger partial charge is 0.287 e. The molecule has 0 spiro atoms. The number of hydrogen-bond acceptors (Lipinski definition) is 5. The molecule has 2 aromatic heterocycles. The molecule has 0 saturated heterocycles. The first-order valence-electron chi connectivity index (χ1n) is 11.7. The van der Waals surface area contributed by atoms with Crippen molar-refractivity contribution in [3.63, 3.8) is 0 Å². The van der Waals surface area contributed by atoms with Crippen LogP contribution in [0.25, 0.3) is 17.8 Å². The molecule has 4 aromatic rings. The van der Waals surface area contributed by atoms with Crippen molar-refractivity contribution in [1.29, 1.82) is 0 Å². The first-order chi connectivity index (χ1) is 17.3. The van der Waals surface area contributed by atoms with Crippen LogP contribution in [-0.2, 0) is 19.5 Å². The predicted octanol–water partition coefficient (Wildman–Crippen LogP) is 4.17. The highest BCUT2D eigenvalue weighted by Gasteiger charge is 2.26. The monoisotopic (exact) mass is 485 g/mol. The van der Waals surface area contributed by atoms with E-state index in [1.807, 2.05) is 74.5 Å². The fraction of sp³-hybridized carbons (Fsp3) is 0.222. The van der Waals surface area contributed by atoms with Crippen molar-refractivity contribution in [2.45, 2.75) is 33.4 Å². The molecule has 0 atom stereocenters. The molecule has 184 valence electrons. The Balaban J connectivity index is 1.77. The van der Waals surface area contributed by atoms with Crippen LogP contribution in [0.3, 0.4) is 0 Å². The number of aryl methyl sites for hydroxylation is 1. The summed E-state index contributed by atoms with van der Waals surface area (Å²) in [6.07, 6.45) is 6.86. The summed E-state index contributed by atoms with van der Waals surface area (Å²) < 4.78 is 3.97. The van der Waals surface area contributed by atoms with Crippen LogP contribution >= 0.6 is 0 Å². The van der Waals surface area contributed by atoms with Crippen molar-refractivity contribution < 1.29 is 4.92 Å². The van der Waals surface area contributed by atoms with Gasteiger partial charge in [0.05, 0.1) is 16.8 Å². The second-order valence-corrected chi connectivity index (χ2v) is 8.86. The second kappa shape index (κ2) is 10.8. The average Bonchev–Trinajstić information content (AvgIpc) is 3.34. The third-order valence-electron chi connectivity index (χ3n) is 5.70. The van der Waals surface area contributed by atoms with Gasteiger partial charge in [0.25, 0.3) is 0 Å². The molecule has 9 nitrogen and oxygen atoms in total. The van der Waals surface area contributed by atoms with Crippen molar-refractivity contribution in [2.75, 3.05) is 0 Å². The Hall–Kier alpha value is -4.53. The molecule has 36 heavy (non-hydrogen) atoms. The van der Waals surface area contributed by atoms with Crippen molar-refractivity contribution in [3.05, 3.63) is 121 Å². The van der Waals surface area contributed by atoms with Gasteiger partial charge >= 0.3 is 16.9 Å². The minimum absolute atomic E-state index is 0.0212. The number of hydrogen-bond donors (Lipinski definition) is 0. The molecule has 0 saturated carbocycles. The number of aromatic nitrogens is 4. The van der Waals surface area contributed by atoms with Crippen molar-refractivity contribution in [2.24, 2.45) is 5.92 Å². The van der Waals surface area contributed by atoms with E-state index in [1.54, 1.807) is 23.2 Å². The van der Waals surface area contributed by atoms with Crippen molar-refractivity contribution in [1.82, 2.24) is 18.9 Å². The molecule has 2 aromatic carbocycles. The number of rotatable bonds is 9. The maximum atomic E-state index is 13.4. The van der Waals surface area contributed by atoms with Gasteiger partial charge < -0.3 is 0 Å². The molecule has 4 rings (SSSR count).